The second-order valence-electron chi connectivity index (χ2n) is 6.36. The van der Waals surface area contributed by atoms with Gasteiger partial charge in [0.05, 0.1) is 20.8 Å². The summed E-state index contributed by atoms with van der Waals surface area (Å²) in [7, 11) is 3.38. The van der Waals surface area contributed by atoms with Gasteiger partial charge in [0.1, 0.15) is 23.9 Å². The fourth-order valence-electron chi connectivity index (χ4n) is 3.66. The number of benzene rings is 2. The summed E-state index contributed by atoms with van der Waals surface area (Å²) in [6.45, 7) is 3.06. The van der Waals surface area contributed by atoms with Crippen LogP contribution in [0.4, 0.5) is 0 Å². The number of methoxy groups -OCH3 is 2. The van der Waals surface area contributed by atoms with Crippen LogP contribution in [0, 0.1) is 0 Å². The molecule has 7 heteroatoms. The number of hydrogen-bond donors (Lipinski definition) is 1. The molecule has 0 fully saturated rings. The van der Waals surface area contributed by atoms with Gasteiger partial charge in [-0.2, -0.15) is 0 Å². The van der Waals surface area contributed by atoms with E-state index in [4.69, 9.17) is 9.47 Å². The molecule has 1 aliphatic rings. The van der Waals surface area contributed by atoms with Crippen molar-refractivity contribution < 1.29 is 14.6 Å². The summed E-state index contributed by atoms with van der Waals surface area (Å²) < 4.78 is 13.1. The van der Waals surface area contributed by atoms with Gasteiger partial charge in [-0.25, -0.2) is 0 Å². The fraction of sp³-hybridized carbons (Fsp3) is 0.368. The Morgan fingerprint density at radius 1 is 1.04 bits per heavy atom. The predicted molar refractivity (Wildman–Crippen MR) is 97.1 cm³/mol. The van der Waals surface area contributed by atoms with E-state index in [2.05, 4.69) is 27.2 Å². The molecule has 136 valence electrons. The van der Waals surface area contributed by atoms with Crippen LogP contribution in [0.5, 0.6) is 11.5 Å². The standard InChI is InChI=1S/C19H22N4O3/c1-25-15-7-6-13(19-14(15)4-3-5-16(19)26-2)10-22-8-9-23-17(11-22)20-21-18(23)12-24/h3-7,24H,8-12H2,1-2H3. The van der Waals surface area contributed by atoms with Crippen molar-refractivity contribution in [1.82, 2.24) is 19.7 Å². The molecule has 1 aromatic heterocycles. The van der Waals surface area contributed by atoms with Crippen molar-refractivity contribution in [2.24, 2.45) is 0 Å². The minimum absolute atomic E-state index is 0.0761. The highest BCUT2D eigenvalue weighted by atomic mass is 16.5. The smallest absolute Gasteiger partial charge is 0.158 e. The molecule has 4 rings (SSSR count). The average molecular weight is 354 g/mol. The van der Waals surface area contributed by atoms with Gasteiger partial charge in [0.15, 0.2) is 5.82 Å². The summed E-state index contributed by atoms with van der Waals surface area (Å²) in [5.74, 6) is 3.22. The lowest BCUT2D eigenvalue weighted by molar-refractivity contribution is 0.200. The first-order chi connectivity index (χ1) is 12.7. The zero-order chi connectivity index (χ0) is 18.1. The Balaban J connectivity index is 1.67. The lowest BCUT2D eigenvalue weighted by Gasteiger charge is -2.28. The maximum absolute atomic E-state index is 9.35. The monoisotopic (exact) mass is 354 g/mol. The fourth-order valence-corrected chi connectivity index (χ4v) is 3.66. The highest BCUT2D eigenvalue weighted by Crippen LogP contribution is 2.35. The normalized spacial score (nSPS) is 14.4. The summed E-state index contributed by atoms with van der Waals surface area (Å²) in [5, 5.41) is 19.7. The molecule has 2 aromatic carbocycles. The third-order valence-electron chi connectivity index (χ3n) is 4.93. The molecule has 3 aromatic rings. The number of ether oxygens (including phenoxy) is 2. The van der Waals surface area contributed by atoms with E-state index in [0.29, 0.717) is 12.4 Å². The molecule has 0 atom stereocenters. The van der Waals surface area contributed by atoms with E-state index in [0.717, 1.165) is 47.7 Å². The Labute approximate surface area is 151 Å². The largest absolute Gasteiger partial charge is 0.496 e. The third-order valence-corrected chi connectivity index (χ3v) is 4.93. The van der Waals surface area contributed by atoms with Crippen molar-refractivity contribution in [1.29, 1.82) is 0 Å². The van der Waals surface area contributed by atoms with Crippen molar-refractivity contribution in [2.75, 3.05) is 20.8 Å². The number of fused-ring (bicyclic) bond motifs is 2. The first kappa shape index (κ1) is 16.8. The first-order valence-corrected chi connectivity index (χ1v) is 8.62. The molecule has 0 saturated carbocycles. The molecule has 26 heavy (non-hydrogen) atoms. The van der Waals surface area contributed by atoms with Gasteiger partial charge in [-0.1, -0.05) is 18.2 Å². The summed E-state index contributed by atoms with van der Waals surface area (Å²) >= 11 is 0. The van der Waals surface area contributed by atoms with Crippen molar-refractivity contribution in [3.05, 3.63) is 47.5 Å². The quantitative estimate of drug-likeness (QED) is 0.755. The lowest BCUT2D eigenvalue weighted by Crippen LogP contribution is -2.34. The lowest BCUT2D eigenvalue weighted by atomic mass is 10.0. The Bertz CT molecular complexity index is 938. The zero-order valence-corrected chi connectivity index (χ0v) is 15.0. The van der Waals surface area contributed by atoms with Crippen LogP contribution in [0.25, 0.3) is 10.8 Å². The highest BCUT2D eigenvalue weighted by Gasteiger charge is 2.22. The van der Waals surface area contributed by atoms with Crippen LogP contribution >= 0.6 is 0 Å². The maximum atomic E-state index is 9.35. The molecular formula is C19H22N4O3. The highest BCUT2D eigenvalue weighted by molar-refractivity contribution is 5.95. The van der Waals surface area contributed by atoms with E-state index in [1.54, 1.807) is 14.2 Å². The number of nitrogens with zero attached hydrogens (tertiary/aromatic N) is 4. The van der Waals surface area contributed by atoms with Crippen molar-refractivity contribution in [3.63, 3.8) is 0 Å². The maximum Gasteiger partial charge on any atom is 0.158 e. The molecule has 7 nitrogen and oxygen atoms in total. The summed E-state index contributed by atoms with van der Waals surface area (Å²) in [6, 6.07) is 10.1. The SMILES string of the molecule is COc1ccc(CN2CCn3c(CO)nnc3C2)c2c(OC)cccc12. The Morgan fingerprint density at radius 3 is 2.65 bits per heavy atom. The van der Waals surface area contributed by atoms with Crippen LogP contribution in [0.1, 0.15) is 17.2 Å². The van der Waals surface area contributed by atoms with Gasteiger partial charge in [0.2, 0.25) is 0 Å². The minimum atomic E-state index is -0.0761. The Hall–Kier alpha value is -2.64. The van der Waals surface area contributed by atoms with Gasteiger partial charge in [0.25, 0.3) is 0 Å². The third kappa shape index (κ3) is 2.79. The van der Waals surface area contributed by atoms with Gasteiger partial charge in [-0.15, -0.1) is 10.2 Å². The van der Waals surface area contributed by atoms with Crippen LogP contribution in [0.3, 0.4) is 0 Å². The minimum Gasteiger partial charge on any atom is -0.496 e. The van der Waals surface area contributed by atoms with Crippen LogP contribution in [0.2, 0.25) is 0 Å². The molecule has 0 saturated heterocycles. The molecular weight excluding hydrogens is 332 g/mol. The number of aromatic nitrogens is 3. The number of rotatable bonds is 5. The van der Waals surface area contributed by atoms with Crippen molar-refractivity contribution >= 4 is 10.8 Å². The van der Waals surface area contributed by atoms with Crippen LogP contribution < -0.4 is 9.47 Å². The van der Waals surface area contributed by atoms with E-state index < -0.39 is 0 Å². The van der Waals surface area contributed by atoms with Crippen LogP contribution in [-0.2, 0) is 26.2 Å². The van der Waals surface area contributed by atoms with Gasteiger partial charge in [-0.3, -0.25) is 4.90 Å². The van der Waals surface area contributed by atoms with Crippen molar-refractivity contribution in [3.8, 4) is 11.5 Å². The summed E-state index contributed by atoms with van der Waals surface area (Å²) in [6.07, 6.45) is 0. The second kappa shape index (κ2) is 6.93. The molecule has 0 aliphatic carbocycles. The number of hydrogen-bond acceptors (Lipinski definition) is 6. The Morgan fingerprint density at radius 2 is 1.88 bits per heavy atom. The summed E-state index contributed by atoms with van der Waals surface area (Å²) in [4.78, 5) is 2.33. The van der Waals surface area contributed by atoms with Gasteiger partial charge < -0.3 is 19.1 Å². The molecule has 0 radical (unpaired) electrons. The average Bonchev–Trinajstić information content (AvgIpc) is 3.10. The molecule has 0 bridgehead atoms. The topological polar surface area (TPSA) is 72.6 Å². The van der Waals surface area contributed by atoms with Crippen molar-refractivity contribution in [2.45, 2.75) is 26.2 Å². The molecule has 0 amide bonds. The van der Waals surface area contributed by atoms with E-state index in [9.17, 15) is 5.11 Å². The molecule has 1 N–H and O–H groups in total. The number of aliphatic hydroxyl groups excluding tert-OH is 1. The Kier molecular flexibility index (Phi) is 4.48. The first-order valence-electron chi connectivity index (χ1n) is 8.62. The number of aliphatic hydroxyl groups is 1. The summed E-state index contributed by atoms with van der Waals surface area (Å²) in [5.41, 5.74) is 1.19. The van der Waals surface area contributed by atoms with Gasteiger partial charge in [0, 0.05) is 30.4 Å². The van der Waals surface area contributed by atoms with E-state index >= 15 is 0 Å². The van der Waals surface area contributed by atoms with Crippen LogP contribution in [-0.4, -0.2) is 45.5 Å². The molecule has 1 aliphatic heterocycles. The second-order valence-corrected chi connectivity index (χ2v) is 6.36. The van der Waals surface area contributed by atoms with Gasteiger partial charge >= 0.3 is 0 Å². The molecule has 0 spiro atoms. The molecule has 2 heterocycles. The van der Waals surface area contributed by atoms with E-state index in [1.165, 1.54) is 5.56 Å². The zero-order valence-electron chi connectivity index (χ0n) is 15.0. The van der Waals surface area contributed by atoms with E-state index in [1.807, 2.05) is 22.8 Å². The van der Waals surface area contributed by atoms with Gasteiger partial charge in [-0.05, 0) is 17.7 Å². The predicted octanol–water partition coefficient (Wildman–Crippen LogP) is 1.96. The van der Waals surface area contributed by atoms with Crippen LogP contribution in [0.15, 0.2) is 30.3 Å². The molecule has 0 unspecified atom stereocenters. The van der Waals surface area contributed by atoms with E-state index in [-0.39, 0.29) is 6.61 Å².